The molecule has 0 amide bonds. The van der Waals surface area contributed by atoms with Crippen LogP contribution in [-0.4, -0.2) is 4.98 Å². The highest BCUT2D eigenvalue weighted by molar-refractivity contribution is 7.16. The van der Waals surface area contributed by atoms with Crippen LogP contribution in [0.4, 0.5) is 26.3 Å². The molecular formula is C9H2F6NS. The number of nitrogens with zero attached hydrogens (tertiary/aromatic N) is 1. The largest absolute Gasteiger partial charge is 0.417 e. The lowest BCUT2D eigenvalue weighted by atomic mass is 10.1. The number of thiazole rings is 1. The van der Waals surface area contributed by atoms with E-state index in [0.29, 0.717) is 17.4 Å². The number of hydrogen-bond acceptors (Lipinski definition) is 2. The fourth-order valence-electron chi connectivity index (χ4n) is 1.30. The van der Waals surface area contributed by atoms with Gasteiger partial charge in [0, 0.05) is 0 Å². The van der Waals surface area contributed by atoms with E-state index in [9.17, 15) is 26.3 Å². The molecule has 0 fully saturated rings. The maximum Gasteiger partial charge on any atom is 0.417 e. The minimum Gasteiger partial charge on any atom is -0.233 e. The molecule has 0 aliphatic carbocycles. The van der Waals surface area contributed by atoms with Crippen LogP contribution in [-0.2, 0) is 12.4 Å². The van der Waals surface area contributed by atoms with Gasteiger partial charge in [0.15, 0.2) is 5.51 Å². The van der Waals surface area contributed by atoms with Crippen molar-refractivity contribution in [2.24, 2.45) is 0 Å². The fourth-order valence-corrected chi connectivity index (χ4v) is 2.02. The van der Waals surface area contributed by atoms with Crippen LogP contribution in [0.15, 0.2) is 12.1 Å². The number of halogens is 6. The van der Waals surface area contributed by atoms with Crippen LogP contribution in [0.5, 0.6) is 0 Å². The topological polar surface area (TPSA) is 12.9 Å². The molecule has 0 saturated heterocycles. The van der Waals surface area contributed by atoms with E-state index in [-0.39, 0.29) is 16.3 Å². The zero-order chi connectivity index (χ0) is 12.8. The quantitative estimate of drug-likeness (QED) is 0.656. The van der Waals surface area contributed by atoms with Gasteiger partial charge in [0.2, 0.25) is 0 Å². The molecule has 8 heteroatoms. The minimum atomic E-state index is -4.85. The number of fused-ring (bicyclic) bond motifs is 1. The summed E-state index contributed by atoms with van der Waals surface area (Å²) in [5.74, 6) is 0. The lowest BCUT2D eigenvalue weighted by Crippen LogP contribution is -2.10. The number of aromatic nitrogens is 1. The van der Waals surface area contributed by atoms with Crippen LogP contribution < -0.4 is 0 Å². The normalized spacial score (nSPS) is 13.3. The molecule has 1 heterocycles. The van der Waals surface area contributed by atoms with Gasteiger partial charge in [-0.3, -0.25) is 0 Å². The van der Waals surface area contributed by atoms with Crippen molar-refractivity contribution >= 4 is 21.6 Å². The standard InChI is InChI=1S/C9H2F6NS/c10-8(11,12)4-1-5(9(13,14)15)7-6(2-4)16-3-17-7/h1-2H. The maximum absolute atomic E-state index is 12.6. The summed E-state index contributed by atoms with van der Waals surface area (Å²) in [6.07, 6.45) is -9.68. The first kappa shape index (κ1) is 12.2. The Labute approximate surface area is 94.7 Å². The summed E-state index contributed by atoms with van der Waals surface area (Å²) in [6.45, 7) is 0. The molecule has 91 valence electrons. The van der Waals surface area contributed by atoms with Crippen molar-refractivity contribution in [2.75, 3.05) is 0 Å². The minimum absolute atomic E-state index is 0.0916. The van der Waals surface area contributed by atoms with Crippen LogP contribution in [0.2, 0.25) is 0 Å². The molecule has 17 heavy (non-hydrogen) atoms. The Morgan fingerprint density at radius 2 is 1.65 bits per heavy atom. The fraction of sp³-hybridized carbons (Fsp3) is 0.222. The van der Waals surface area contributed by atoms with Gasteiger partial charge < -0.3 is 0 Å². The van der Waals surface area contributed by atoms with Gasteiger partial charge in [-0.2, -0.15) is 26.3 Å². The lowest BCUT2D eigenvalue weighted by molar-refractivity contribution is -0.142. The summed E-state index contributed by atoms with van der Waals surface area (Å²) in [5.41, 5.74) is -0.893. The molecule has 1 nitrogen and oxygen atoms in total. The van der Waals surface area contributed by atoms with Crippen LogP contribution in [0, 0.1) is 5.51 Å². The highest BCUT2D eigenvalue weighted by atomic mass is 32.1. The molecule has 0 atom stereocenters. The summed E-state index contributed by atoms with van der Waals surface area (Å²) in [7, 11) is 0. The van der Waals surface area contributed by atoms with E-state index in [1.54, 1.807) is 0 Å². The molecule has 1 aromatic carbocycles. The Bertz CT molecular complexity index is 553. The van der Waals surface area contributed by atoms with Crippen molar-refractivity contribution in [3.8, 4) is 0 Å². The summed E-state index contributed by atoms with van der Waals surface area (Å²) in [5, 5.41) is 0. The molecule has 0 spiro atoms. The highest BCUT2D eigenvalue weighted by Crippen LogP contribution is 2.40. The molecule has 2 rings (SSSR count). The van der Waals surface area contributed by atoms with E-state index in [4.69, 9.17) is 0 Å². The van der Waals surface area contributed by atoms with Crippen LogP contribution >= 0.6 is 11.3 Å². The number of alkyl halides is 6. The van der Waals surface area contributed by atoms with Crippen molar-refractivity contribution in [1.29, 1.82) is 0 Å². The monoisotopic (exact) mass is 270 g/mol. The van der Waals surface area contributed by atoms with E-state index in [1.807, 2.05) is 0 Å². The molecule has 0 saturated carbocycles. The first-order valence-corrected chi connectivity index (χ1v) is 4.96. The van der Waals surface area contributed by atoms with Crippen molar-refractivity contribution in [1.82, 2.24) is 4.98 Å². The van der Waals surface area contributed by atoms with Crippen molar-refractivity contribution < 1.29 is 26.3 Å². The third-order valence-corrected chi connectivity index (χ3v) is 2.83. The van der Waals surface area contributed by atoms with Crippen molar-refractivity contribution in [3.63, 3.8) is 0 Å². The van der Waals surface area contributed by atoms with Gasteiger partial charge in [-0.05, 0) is 12.1 Å². The average molecular weight is 270 g/mol. The second kappa shape index (κ2) is 3.59. The van der Waals surface area contributed by atoms with Crippen LogP contribution in [0.25, 0.3) is 10.2 Å². The van der Waals surface area contributed by atoms with E-state index in [2.05, 4.69) is 10.5 Å². The van der Waals surface area contributed by atoms with Gasteiger partial charge in [0.25, 0.3) is 0 Å². The number of hydrogen-bond donors (Lipinski definition) is 0. The number of rotatable bonds is 0. The molecule has 0 aliphatic heterocycles. The van der Waals surface area contributed by atoms with E-state index < -0.39 is 23.5 Å². The first-order chi connectivity index (χ1) is 7.69. The summed E-state index contributed by atoms with van der Waals surface area (Å²) < 4.78 is 74.5. The van der Waals surface area contributed by atoms with E-state index in [0.717, 1.165) is 0 Å². The Balaban J connectivity index is 2.76. The predicted molar refractivity (Wildman–Crippen MR) is 48.5 cm³/mol. The van der Waals surface area contributed by atoms with Crippen molar-refractivity contribution in [3.05, 3.63) is 28.8 Å². The zero-order valence-corrected chi connectivity index (χ0v) is 8.59. The molecule has 1 aromatic heterocycles. The van der Waals surface area contributed by atoms with Crippen molar-refractivity contribution in [2.45, 2.75) is 12.4 Å². The van der Waals surface area contributed by atoms with E-state index in [1.165, 1.54) is 0 Å². The summed E-state index contributed by atoms with van der Waals surface area (Å²) >= 11 is 0.537. The molecule has 0 unspecified atom stereocenters. The van der Waals surface area contributed by atoms with Gasteiger partial charge in [-0.25, -0.2) is 4.98 Å². The first-order valence-electron chi connectivity index (χ1n) is 4.14. The van der Waals surface area contributed by atoms with E-state index >= 15 is 0 Å². The SMILES string of the molecule is FC(F)(F)c1cc(C(F)(F)F)c2s[c]nc2c1. The molecule has 1 radical (unpaired) electrons. The Morgan fingerprint density at radius 1 is 1.00 bits per heavy atom. The van der Waals surface area contributed by atoms with Gasteiger partial charge in [0.05, 0.1) is 21.3 Å². The average Bonchev–Trinajstić information content (AvgIpc) is 2.59. The Kier molecular flexibility index (Phi) is 2.57. The summed E-state index contributed by atoms with van der Waals surface area (Å²) in [6, 6.07) is 0.673. The highest BCUT2D eigenvalue weighted by Gasteiger charge is 2.38. The molecule has 0 aliphatic rings. The van der Waals surface area contributed by atoms with Gasteiger partial charge in [0.1, 0.15) is 0 Å². The molecule has 0 N–H and O–H groups in total. The summed E-state index contributed by atoms with van der Waals surface area (Å²) in [4.78, 5) is 3.36. The molecule has 0 bridgehead atoms. The predicted octanol–water partition coefficient (Wildman–Crippen LogP) is 4.13. The van der Waals surface area contributed by atoms with Gasteiger partial charge in [-0.15, -0.1) is 11.3 Å². The third kappa shape index (κ3) is 2.21. The zero-order valence-electron chi connectivity index (χ0n) is 7.78. The van der Waals surface area contributed by atoms with Gasteiger partial charge in [-0.1, -0.05) is 0 Å². The maximum atomic E-state index is 12.6. The molecule has 2 aromatic rings. The second-order valence-corrected chi connectivity index (χ2v) is 3.97. The number of benzene rings is 1. The molecular weight excluding hydrogens is 268 g/mol. The van der Waals surface area contributed by atoms with Crippen LogP contribution in [0.1, 0.15) is 11.1 Å². The Morgan fingerprint density at radius 3 is 2.18 bits per heavy atom. The second-order valence-electron chi connectivity index (χ2n) is 3.17. The Hall–Kier alpha value is -1.31. The third-order valence-electron chi connectivity index (χ3n) is 2.02. The smallest absolute Gasteiger partial charge is 0.233 e. The van der Waals surface area contributed by atoms with Crippen LogP contribution in [0.3, 0.4) is 0 Å². The van der Waals surface area contributed by atoms with Gasteiger partial charge >= 0.3 is 12.4 Å². The lowest BCUT2D eigenvalue weighted by Gasteiger charge is -2.11.